The van der Waals surface area contributed by atoms with Gasteiger partial charge in [0, 0.05) is 11.1 Å². The average Bonchev–Trinajstić information content (AvgIpc) is 3.03. The predicted octanol–water partition coefficient (Wildman–Crippen LogP) is 2.72. The summed E-state index contributed by atoms with van der Waals surface area (Å²) in [4.78, 5) is 12.1. The van der Waals surface area contributed by atoms with Gasteiger partial charge >= 0.3 is 0 Å². The van der Waals surface area contributed by atoms with Crippen LogP contribution in [0.3, 0.4) is 0 Å². The molecule has 0 unspecified atom stereocenters. The topological polar surface area (TPSA) is 60.7 Å². The summed E-state index contributed by atoms with van der Waals surface area (Å²) in [7, 11) is 0. The lowest BCUT2D eigenvalue weighted by Crippen LogP contribution is -2.05. The van der Waals surface area contributed by atoms with Crippen molar-refractivity contribution in [3.05, 3.63) is 66.2 Å². The Balaban J connectivity index is 1.73. The first-order valence-corrected chi connectivity index (χ1v) is 7.34. The fraction of sp³-hybridized carbons (Fsp3) is 0.0667. The number of rotatable bonds is 5. The van der Waals surface area contributed by atoms with Crippen LogP contribution in [-0.4, -0.2) is 31.1 Å². The molecule has 0 saturated heterocycles. The van der Waals surface area contributed by atoms with Crippen molar-refractivity contribution in [3.63, 3.8) is 0 Å². The molecule has 0 atom stereocenters. The lowest BCUT2D eigenvalue weighted by atomic mass is 10.2. The number of hydrogen-bond donors (Lipinski definition) is 0. The minimum Gasteiger partial charge on any atom is -0.293 e. The minimum absolute atomic E-state index is 0.0510. The van der Waals surface area contributed by atoms with Crippen LogP contribution in [0.5, 0.6) is 0 Å². The molecule has 0 aliphatic rings. The van der Waals surface area contributed by atoms with E-state index in [4.69, 9.17) is 0 Å². The van der Waals surface area contributed by atoms with E-state index in [0.29, 0.717) is 11.4 Å². The molecule has 0 saturated carbocycles. The Bertz CT molecular complexity index is 728. The summed E-state index contributed by atoms with van der Waals surface area (Å²) < 4.78 is 1.58. The fourth-order valence-electron chi connectivity index (χ4n) is 1.85. The molecular weight excluding hydrogens is 284 g/mol. The summed E-state index contributed by atoms with van der Waals surface area (Å²) in [5.41, 5.74) is 1.61. The molecular formula is C15H12N4OS. The monoisotopic (exact) mass is 296 g/mol. The SMILES string of the molecule is O=C(CSn1nnnc1-c1ccccc1)c1ccccc1. The largest absolute Gasteiger partial charge is 0.293 e. The number of carbonyl (C=O) groups is 1. The molecule has 0 amide bonds. The van der Waals surface area contributed by atoms with E-state index in [-0.39, 0.29) is 11.5 Å². The van der Waals surface area contributed by atoms with E-state index < -0.39 is 0 Å². The van der Waals surface area contributed by atoms with Gasteiger partial charge in [-0.15, -0.1) is 5.10 Å². The van der Waals surface area contributed by atoms with Crippen LogP contribution in [0.4, 0.5) is 0 Å². The van der Waals surface area contributed by atoms with E-state index >= 15 is 0 Å². The zero-order valence-electron chi connectivity index (χ0n) is 11.1. The smallest absolute Gasteiger partial charge is 0.193 e. The summed E-state index contributed by atoms with van der Waals surface area (Å²) in [6.07, 6.45) is 0. The molecule has 2 aromatic carbocycles. The van der Waals surface area contributed by atoms with Gasteiger partial charge in [0.05, 0.1) is 5.75 Å². The summed E-state index contributed by atoms with van der Waals surface area (Å²) in [6, 6.07) is 18.9. The van der Waals surface area contributed by atoms with Gasteiger partial charge in [-0.25, -0.2) is 0 Å². The lowest BCUT2D eigenvalue weighted by Gasteiger charge is -2.03. The molecule has 0 bridgehead atoms. The maximum Gasteiger partial charge on any atom is 0.193 e. The number of Topliss-reactive ketones (excluding diaryl/α,β-unsaturated/α-hetero) is 1. The fourth-order valence-corrected chi connectivity index (χ4v) is 2.60. The summed E-state index contributed by atoms with van der Waals surface area (Å²) in [5, 5.41) is 11.6. The zero-order chi connectivity index (χ0) is 14.5. The highest BCUT2D eigenvalue weighted by Crippen LogP contribution is 2.19. The summed E-state index contributed by atoms with van der Waals surface area (Å²) >= 11 is 1.28. The summed E-state index contributed by atoms with van der Waals surface area (Å²) in [5.74, 6) is 0.978. The van der Waals surface area contributed by atoms with Gasteiger partial charge in [-0.1, -0.05) is 60.7 Å². The molecule has 1 heterocycles. The van der Waals surface area contributed by atoms with E-state index in [1.807, 2.05) is 48.5 Å². The number of nitrogens with zero attached hydrogens (tertiary/aromatic N) is 4. The Hall–Kier alpha value is -2.47. The van der Waals surface area contributed by atoms with E-state index in [2.05, 4.69) is 15.5 Å². The molecule has 3 rings (SSSR count). The molecule has 0 aliphatic carbocycles. The molecule has 21 heavy (non-hydrogen) atoms. The highest BCUT2D eigenvalue weighted by atomic mass is 32.2. The first kappa shape index (κ1) is 13.5. The van der Waals surface area contributed by atoms with Gasteiger partial charge < -0.3 is 0 Å². The van der Waals surface area contributed by atoms with Crippen LogP contribution in [0.25, 0.3) is 11.4 Å². The van der Waals surface area contributed by atoms with Crippen LogP contribution in [0.1, 0.15) is 10.4 Å². The number of benzene rings is 2. The van der Waals surface area contributed by atoms with Crippen molar-refractivity contribution in [1.29, 1.82) is 0 Å². The third-order valence-corrected chi connectivity index (χ3v) is 3.77. The molecule has 104 valence electrons. The Morgan fingerprint density at radius 3 is 2.38 bits per heavy atom. The number of aromatic nitrogens is 4. The number of hydrogen-bond acceptors (Lipinski definition) is 5. The van der Waals surface area contributed by atoms with Gasteiger partial charge in [-0.2, -0.15) is 4.09 Å². The van der Waals surface area contributed by atoms with Gasteiger partial charge in [0.1, 0.15) is 0 Å². The normalized spacial score (nSPS) is 10.5. The van der Waals surface area contributed by atoms with Gasteiger partial charge in [-0.3, -0.25) is 4.79 Å². The molecule has 0 radical (unpaired) electrons. The zero-order valence-corrected chi connectivity index (χ0v) is 11.9. The van der Waals surface area contributed by atoms with Crippen molar-refractivity contribution in [3.8, 4) is 11.4 Å². The van der Waals surface area contributed by atoms with E-state index in [0.717, 1.165) is 5.56 Å². The van der Waals surface area contributed by atoms with Gasteiger partial charge in [0.15, 0.2) is 11.6 Å². The van der Waals surface area contributed by atoms with Crippen molar-refractivity contribution in [2.45, 2.75) is 0 Å². The molecule has 6 heteroatoms. The molecule has 3 aromatic rings. The van der Waals surface area contributed by atoms with Crippen LogP contribution in [0, 0.1) is 0 Å². The number of ketones is 1. The molecule has 0 N–H and O–H groups in total. The van der Waals surface area contributed by atoms with Crippen LogP contribution >= 0.6 is 11.9 Å². The number of carbonyl (C=O) groups excluding carboxylic acids is 1. The Kier molecular flexibility index (Phi) is 4.07. The van der Waals surface area contributed by atoms with Gasteiger partial charge in [-0.05, 0) is 22.4 Å². The highest BCUT2D eigenvalue weighted by Gasteiger charge is 2.12. The Morgan fingerprint density at radius 1 is 1.00 bits per heavy atom. The molecule has 0 fully saturated rings. The Morgan fingerprint density at radius 2 is 1.67 bits per heavy atom. The van der Waals surface area contributed by atoms with Gasteiger partial charge in [0.2, 0.25) is 0 Å². The molecule has 0 aliphatic heterocycles. The molecule has 1 aromatic heterocycles. The maximum absolute atomic E-state index is 12.1. The first-order valence-electron chi connectivity index (χ1n) is 6.40. The van der Waals surface area contributed by atoms with Crippen LogP contribution in [0.15, 0.2) is 60.7 Å². The second-order valence-corrected chi connectivity index (χ2v) is 5.20. The third kappa shape index (κ3) is 3.17. The lowest BCUT2D eigenvalue weighted by molar-refractivity contribution is 0.102. The van der Waals surface area contributed by atoms with Crippen molar-refractivity contribution in [2.24, 2.45) is 0 Å². The maximum atomic E-state index is 12.1. The van der Waals surface area contributed by atoms with Crippen molar-refractivity contribution < 1.29 is 4.79 Å². The highest BCUT2D eigenvalue weighted by molar-refractivity contribution is 7.98. The van der Waals surface area contributed by atoms with Crippen molar-refractivity contribution in [1.82, 2.24) is 19.6 Å². The standard InChI is InChI=1S/C15H12N4OS/c20-14(12-7-3-1-4-8-12)11-21-19-15(16-17-18-19)13-9-5-2-6-10-13/h1-10H,11H2. The second-order valence-electron chi connectivity index (χ2n) is 4.30. The Labute approximate surface area is 126 Å². The predicted molar refractivity (Wildman–Crippen MR) is 81.9 cm³/mol. The molecule has 0 spiro atoms. The second kappa shape index (κ2) is 6.32. The van der Waals surface area contributed by atoms with E-state index in [1.54, 1.807) is 16.2 Å². The minimum atomic E-state index is 0.0510. The van der Waals surface area contributed by atoms with Crippen LogP contribution in [0.2, 0.25) is 0 Å². The van der Waals surface area contributed by atoms with E-state index in [1.165, 1.54) is 11.9 Å². The first-order chi connectivity index (χ1) is 10.3. The van der Waals surface area contributed by atoms with Crippen molar-refractivity contribution >= 4 is 17.7 Å². The third-order valence-electron chi connectivity index (χ3n) is 2.89. The summed E-state index contributed by atoms with van der Waals surface area (Å²) in [6.45, 7) is 0. The quantitative estimate of drug-likeness (QED) is 0.677. The van der Waals surface area contributed by atoms with E-state index in [9.17, 15) is 4.79 Å². The molecule has 5 nitrogen and oxygen atoms in total. The average molecular weight is 296 g/mol. The van der Waals surface area contributed by atoms with Crippen LogP contribution in [-0.2, 0) is 0 Å². The number of tetrazole rings is 1. The van der Waals surface area contributed by atoms with Gasteiger partial charge in [0.25, 0.3) is 0 Å². The van der Waals surface area contributed by atoms with Crippen molar-refractivity contribution in [2.75, 3.05) is 5.75 Å². The van der Waals surface area contributed by atoms with Crippen LogP contribution < -0.4 is 0 Å².